The summed E-state index contributed by atoms with van der Waals surface area (Å²) in [4.78, 5) is 26.1. The van der Waals surface area contributed by atoms with Gasteiger partial charge in [-0.3, -0.25) is 9.48 Å². The minimum Gasteiger partial charge on any atom is -0.452 e. The molecule has 0 saturated heterocycles. The SMILES string of the molecule is N#CCCN(C(=O)COC(=O)c1ccc(Cn2cccn2)o1)c1cccc(Cl)c1. The van der Waals surface area contributed by atoms with Crippen molar-refractivity contribution in [3.63, 3.8) is 0 Å². The Labute approximate surface area is 171 Å². The number of anilines is 1. The van der Waals surface area contributed by atoms with Crippen molar-refractivity contribution in [3.8, 4) is 6.07 Å². The molecule has 8 nitrogen and oxygen atoms in total. The number of hydrogen-bond donors (Lipinski definition) is 0. The van der Waals surface area contributed by atoms with Gasteiger partial charge in [-0.15, -0.1) is 0 Å². The van der Waals surface area contributed by atoms with Gasteiger partial charge in [0.15, 0.2) is 6.61 Å². The van der Waals surface area contributed by atoms with Crippen LogP contribution in [-0.4, -0.2) is 34.8 Å². The van der Waals surface area contributed by atoms with Crippen LogP contribution in [0.25, 0.3) is 0 Å². The van der Waals surface area contributed by atoms with E-state index in [4.69, 9.17) is 26.0 Å². The Bertz CT molecular complexity index is 1020. The Balaban J connectivity index is 1.61. The summed E-state index contributed by atoms with van der Waals surface area (Å²) >= 11 is 5.98. The lowest BCUT2D eigenvalue weighted by molar-refractivity contribution is -0.121. The van der Waals surface area contributed by atoms with Gasteiger partial charge in [-0.1, -0.05) is 17.7 Å². The van der Waals surface area contributed by atoms with Crippen LogP contribution in [-0.2, 0) is 16.1 Å². The van der Waals surface area contributed by atoms with Crippen molar-refractivity contribution in [3.05, 3.63) is 71.4 Å². The highest BCUT2D eigenvalue weighted by molar-refractivity contribution is 6.30. The van der Waals surface area contributed by atoms with Gasteiger partial charge in [0.2, 0.25) is 5.76 Å². The second-order valence-corrected chi connectivity index (χ2v) is 6.42. The van der Waals surface area contributed by atoms with Gasteiger partial charge in [0, 0.05) is 29.6 Å². The summed E-state index contributed by atoms with van der Waals surface area (Å²) in [6.07, 6.45) is 3.54. The number of carbonyl (C=O) groups excluding carboxylic acids is 2. The first-order chi connectivity index (χ1) is 14.1. The molecule has 0 aliphatic heterocycles. The van der Waals surface area contributed by atoms with Gasteiger partial charge in [0.25, 0.3) is 5.91 Å². The van der Waals surface area contributed by atoms with Gasteiger partial charge in [0.05, 0.1) is 19.0 Å². The lowest BCUT2D eigenvalue weighted by Crippen LogP contribution is -2.35. The molecule has 9 heteroatoms. The predicted molar refractivity (Wildman–Crippen MR) is 104 cm³/mol. The first kappa shape index (κ1) is 20.2. The van der Waals surface area contributed by atoms with E-state index in [1.807, 2.05) is 6.07 Å². The fourth-order valence-electron chi connectivity index (χ4n) is 2.61. The van der Waals surface area contributed by atoms with E-state index >= 15 is 0 Å². The van der Waals surface area contributed by atoms with Gasteiger partial charge in [-0.05, 0) is 36.4 Å². The summed E-state index contributed by atoms with van der Waals surface area (Å²) in [6.45, 7) is 0.0316. The molecule has 0 atom stereocenters. The van der Waals surface area contributed by atoms with Gasteiger partial charge in [0.1, 0.15) is 5.76 Å². The number of esters is 1. The summed E-state index contributed by atoms with van der Waals surface area (Å²) in [7, 11) is 0. The van der Waals surface area contributed by atoms with Crippen LogP contribution < -0.4 is 4.90 Å². The highest BCUT2D eigenvalue weighted by atomic mass is 35.5. The Morgan fingerprint density at radius 3 is 2.86 bits per heavy atom. The quantitative estimate of drug-likeness (QED) is 0.526. The molecule has 3 aromatic rings. The van der Waals surface area contributed by atoms with Crippen molar-refractivity contribution in [2.45, 2.75) is 13.0 Å². The minimum atomic E-state index is -0.753. The molecule has 0 radical (unpaired) electrons. The molecule has 2 heterocycles. The van der Waals surface area contributed by atoms with E-state index in [0.717, 1.165) is 0 Å². The van der Waals surface area contributed by atoms with E-state index in [2.05, 4.69) is 5.10 Å². The van der Waals surface area contributed by atoms with Gasteiger partial charge in [-0.2, -0.15) is 10.4 Å². The van der Waals surface area contributed by atoms with Crippen LogP contribution in [0.4, 0.5) is 5.69 Å². The smallest absolute Gasteiger partial charge is 0.374 e. The van der Waals surface area contributed by atoms with Crippen molar-refractivity contribution < 1.29 is 18.7 Å². The third-order valence-corrected chi connectivity index (χ3v) is 4.17. The number of nitriles is 1. The van der Waals surface area contributed by atoms with Crippen molar-refractivity contribution in [1.82, 2.24) is 9.78 Å². The van der Waals surface area contributed by atoms with Gasteiger partial charge < -0.3 is 14.1 Å². The maximum absolute atomic E-state index is 12.6. The third-order valence-electron chi connectivity index (χ3n) is 3.93. The van der Waals surface area contributed by atoms with E-state index in [9.17, 15) is 9.59 Å². The minimum absolute atomic E-state index is 0.00807. The monoisotopic (exact) mass is 412 g/mol. The van der Waals surface area contributed by atoms with Crippen molar-refractivity contribution in [2.75, 3.05) is 18.1 Å². The number of furan rings is 1. The fourth-order valence-corrected chi connectivity index (χ4v) is 2.79. The number of amides is 1. The molecule has 148 valence electrons. The Kier molecular flexibility index (Phi) is 6.66. The highest BCUT2D eigenvalue weighted by Gasteiger charge is 2.20. The topological polar surface area (TPSA) is 101 Å². The molecule has 1 aromatic carbocycles. The van der Waals surface area contributed by atoms with Crippen molar-refractivity contribution >= 4 is 29.2 Å². The van der Waals surface area contributed by atoms with E-state index in [0.29, 0.717) is 23.0 Å². The molecule has 0 bridgehead atoms. The molecule has 0 N–H and O–H groups in total. The van der Waals surface area contributed by atoms with Crippen LogP contribution in [0.3, 0.4) is 0 Å². The Hall–Kier alpha value is -3.57. The maximum Gasteiger partial charge on any atom is 0.374 e. The fraction of sp³-hybridized carbons (Fsp3) is 0.200. The maximum atomic E-state index is 12.6. The molecule has 0 saturated carbocycles. The molecule has 0 aliphatic carbocycles. The molecular weight excluding hydrogens is 396 g/mol. The summed E-state index contributed by atoms with van der Waals surface area (Å²) in [6, 6.07) is 13.6. The average Bonchev–Trinajstić information content (AvgIpc) is 3.39. The van der Waals surface area contributed by atoms with Crippen LogP contribution in [0.5, 0.6) is 0 Å². The zero-order valence-electron chi connectivity index (χ0n) is 15.3. The average molecular weight is 413 g/mol. The normalized spacial score (nSPS) is 10.3. The zero-order valence-corrected chi connectivity index (χ0v) is 16.1. The largest absolute Gasteiger partial charge is 0.452 e. The van der Waals surface area contributed by atoms with Crippen LogP contribution in [0.15, 0.2) is 59.3 Å². The molecule has 0 fully saturated rings. The molecule has 3 rings (SSSR count). The summed E-state index contributed by atoms with van der Waals surface area (Å²) < 4.78 is 12.2. The van der Waals surface area contributed by atoms with E-state index in [-0.39, 0.29) is 18.7 Å². The number of nitrogens with zero attached hydrogens (tertiary/aromatic N) is 4. The lowest BCUT2D eigenvalue weighted by atomic mass is 10.2. The second kappa shape index (κ2) is 9.57. The molecule has 0 spiro atoms. The standard InChI is InChI=1S/C20H17ClN4O4/c21-15-4-1-5-16(12-15)25(11-2-8-22)19(26)14-28-20(27)18-7-6-17(29-18)13-24-10-3-9-23-24/h1,3-7,9-10,12H,2,11,13-14H2. The van der Waals surface area contributed by atoms with Gasteiger partial charge in [-0.25, -0.2) is 4.79 Å². The van der Waals surface area contributed by atoms with Gasteiger partial charge >= 0.3 is 5.97 Å². The predicted octanol–water partition coefficient (Wildman–Crippen LogP) is 3.28. The van der Waals surface area contributed by atoms with E-state index in [1.54, 1.807) is 53.5 Å². The summed E-state index contributed by atoms with van der Waals surface area (Å²) in [5.41, 5.74) is 0.522. The molecular formula is C20H17ClN4O4. The number of carbonyl (C=O) groups is 2. The Morgan fingerprint density at radius 2 is 2.14 bits per heavy atom. The number of rotatable bonds is 8. The van der Waals surface area contributed by atoms with Crippen LogP contribution in [0.2, 0.25) is 5.02 Å². The highest BCUT2D eigenvalue weighted by Crippen LogP contribution is 2.20. The molecule has 2 aromatic heterocycles. The molecule has 29 heavy (non-hydrogen) atoms. The Morgan fingerprint density at radius 1 is 1.28 bits per heavy atom. The van der Waals surface area contributed by atoms with Crippen LogP contribution in [0.1, 0.15) is 22.7 Å². The number of benzene rings is 1. The summed E-state index contributed by atoms with van der Waals surface area (Å²) in [5, 5.41) is 13.4. The molecule has 1 amide bonds. The van der Waals surface area contributed by atoms with Crippen LogP contribution >= 0.6 is 11.6 Å². The van der Waals surface area contributed by atoms with E-state index < -0.39 is 18.5 Å². The number of halogens is 1. The van der Waals surface area contributed by atoms with Crippen LogP contribution in [0, 0.1) is 11.3 Å². The lowest BCUT2D eigenvalue weighted by Gasteiger charge is -2.21. The zero-order chi connectivity index (χ0) is 20.6. The second-order valence-electron chi connectivity index (χ2n) is 5.98. The number of aromatic nitrogens is 2. The summed E-state index contributed by atoms with van der Waals surface area (Å²) in [5.74, 6) is -0.705. The molecule has 0 aliphatic rings. The number of hydrogen-bond acceptors (Lipinski definition) is 6. The van der Waals surface area contributed by atoms with Crippen molar-refractivity contribution in [2.24, 2.45) is 0 Å². The van der Waals surface area contributed by atoms with E-state index in [1.165, 1.54) is 11.0 Å². The third kappa shape index (κ3) is 5.46. The number of ether oxygens (including phenoxy) is 1. The van der Waals surface area contributed by atoms with Crippen molar-refractivity contribution in [1.29, 1.82) is 5.26 Å². The first-order valence-corrected chi connectivity index (χ1v) is 9.11. The first-order valence-electron chi connectivity index (χ1n) is 8.73. The molecule has 0 unspecified atom stereocenters.